The zero-order valence-electron chi connectivity index (χ0n) is 12.1. The summed E-state index contributed by atoms with van der Waals surface area (Å²) in [7, 11) is 1.52. The van der Waals surface area contributed by atoms with Crippen LogP contribution in [0, 0.1) is 0 Å². The number of thioether (sulfide) groups is 1. The number of phenolic OH excluding ortho intramolecular Hbond substituents is 1. The predicted molar refractivity (Wildman–Crippen MR) is 85.0 cm³/mol. The maximum absolute atomic E-state index is 9.95. The molecule has 0 amide bonds. The molecule has 0 spiro atoms. The maximum Gasteiger partial charge on any atom is 0.187 e. The van der Waals surface area contributed by atoms with E-state index in [-0.39, 0.29) is 5.75 Å². The van der Waals surface area contributed by atoms with E-state index in [9.17, 15) is 5.11 Å². The molecule has 0 saturated carbocycles. The van der Waals surface area contributed by atoms with Crippen LogP contribution >= 0.6 is 11.8 Å². The summed E-state index contributed by atoms with van der Waals surface area (Å²) in [4.78, 5) is 8.65. The molecule has 2 N–H and O–H groups in total. The van der Waals surface area contributed by atoms with E-state index in [1.54, 1.807) is 24.5 Å². The number of H-pyrrole nitrogens is 1. The second-order valence-electron chi connectivity index (χ2n) is 4.47. The molecule has 1 aromatic carbocycles. The summed E-state index contributed by atoms with van der Waals surface area (Å²) in [6.07, 6.45) is 5.36. The lowest BCUT2D eigenvalue weighted by molar-refractivity contribution is 0.373. The van der Waals surface area contributed by atoms with Gasteiger partial charge in [0.15, 0.2) is 16.7 Å². The average Bonchev–Trinajstić information content (AvgIpc) is 3.04. The highest BCUT2D eigenvalue weighted by Gasteiger charge is 2.13. The molecule has 2 heterocycles. The van der Waals surface area contributed by atoms with Gasteiger partial charge < -0.3 is 9.84 Å². The fraction of sp³-hybridized carbons (Fsp3) is 0.133. The average molecular weight is 314 g/mol. The number of aromatic nitrogens is 4. The Labute approximate surface area is 131 Å². The Bertz CT molecular complexity index is 804. The standard InChI is InChI=1S/C15H14N4O2S/c1-21-13-4-3-9(7-12(13)20)14-10(8-17-19-14)11-5-6-16-15(18-11)22-2/h3-8,20H,1-2H3,(H,17,19). The van der Waals surface area contributed by atoms with E-state index < -0.39 is 0 Å². The highest BCUT2D eigenvalue weighted by Crippen LogP contribution is 2.34. The molecule has 0 unspecified atom stereocenters. The summed E-state index contributed by atoms with van der Waals surface area (Å²) in [5.41, 5.74) is 3.21. The first-order chi connectivity index (χ1) is 10.7. The Kier molecular flexibility index (Phi) is 3.97. The number of rotatable bonds is 4. The van der Waals surface area contributed by atoms with E-state index in [0.29, 0.717) is 10.9 Å². The van der Waals surface area contributed by atoms with E-state index in [1.807, 2.05) is 18.4 Å². The van der Waals surface area contributed by atoms with Crippen LogP contribution < -0.4 is 4.74 Å². The number of hydrogen-bond acceptors (Lipinski definition) is 6. The van der Waals surface area contributed by atoms with E-state index in [0.717, 1.165) is 22.5 Å². The van der Waals surface area contributed by atoms with Crippen LogP contribution in [0.3, 0.4) is 0 Å². The van der Waals surface area contributed by atoms with Gasteiger partial charge in [-0.25, -0.2) is 9.97 Å². The number of aromatic hydroxyl groups is 1. The quantitative estimate of drug-likeness (QED) is 0.569. The molecule has 22 heavy (non-hydrogen) atoms. The van der Waals surface area contributed by atoms with Crippen molar-refractivity contribution in [3.8, 4) is 34.0 Å². The molecule has 0 aliphatic heterocycles. The van der Waals surface area contributed by atoms with Gasteiger partial charge in [-0.15, -0.1) is 0 Å². The van der Waals surface area contributed by atoms with E-state index >= 15 is 0 Å². The third-order valence-corrected chi connectivity index (χ3v) is 3.76. The topological polar surface area (TPSA) is 83.9 Å². The lowest BCUT2D eigenvalue weighted by atomic mass is 10.1. The van der Waals surface area contributed by atoms with E-state index in [4.69, 9.17) is 4.74 Å². The van der Waals surface area contributed by atoms with Gasteiger partial charge in [0.1, 0.15) is 0 Å². The molecular weight excluding hydrogens is 300 g/mol. The van der Waals surface area contributed by atoms with Crippen LogP contribution in [0.15, 0.2) is 41.8 Å². The van der Waals surface area contributed by atoms with Gasteiger partial charge in [-0.2, -0.15) is 5.10 Å². The van der Waals surface area contributed by atoms with Gasteiger partial charge in [0, 0.05) is 17.3 Å². The van der Waals surface area contributed by atoms with Crippen molar-refractivity contribution in [3.05, 3.63) is 36.7 Å². The number of nitrogens with zero attached hydrogens (tertiary/aromatic N) is 3. The molecular formula is C15H14N4O2S. The zero-order chi connectivity index (χ0) is 15.5. The minimum atomic E-state index is 0.0769. The Balaban J connectivity index is 2.07. The van der Waals surface area contributed by atoms with Crippen molar-refractivity contribution >= 4 is 11.8 Å². The highest BCUT2D eigenvalue weighted by molar-refractivity contribution is 7.98. The molecule has 7 heteroatoms. The fourth-order valence-corrected chi connectivity index (χ4v) is 2.49. The largest absolute Gasteiger partial charge is 0.504 e. The van der Waals surface area contributed by atoms with Crippen LogP contribution in [-0.4, -0.2) is 38.6 Å². The van der Waals surface area contributed by atoms with Crippen molar-refractivity contribution in [3.63, 3.8) is 0 Å². The first-order valence-corrected chi connectivity index (χ1v) is 7.73. The molecule has 3 aromatic rings. The lowest BCUT2D eigenvalue weighted by Gasteiger charge is -2.07. The van der Waals surface area contributed by atoms with Gasteiger partial charge in [-0.3, -0.25) is 5.10 Å². The van der Waals surface area contributed by atoms with Crippen LogP contribution in [0.1, 0.15) is 0 Å². The third-order valence-electron chi connectivity index (χ3n) is 3.20. The van der Waals surface area contributed by atoms with Gasteiger partial charge >= 0.3 is 0 Å². The van der Waals surface area contributed by atoms with E-state index in [1.165, 1.54) is 18.9 Å². The van der Waals surface area contributed by atoms with Crippen molar-refractivity contribution in [1.82, 2.24) is 20.2 Å². The Morgan fingerprint density at radius 3 is 2.86 bits per heavy atom. The summed E-state index contributed by atoms with van der Waals surface area (Å²) in [6.45, 7) is 0. The second kappa shape index (κ2) is 6.07. The molecule has 0 aliphatic carbocycles. The summed E-state index contributed by atoms with van der Waals surface area (Å²) >= 11 is 1.48. The Morgan fingerprint density at radius 1 is 1.27 bits per heavy atom. The molecule has 2 aromatic heterocycles. The number of hydrogen-bond donors (Lipinski definition) is 2. The SMILES string of the molecule is COc1ccc(-c2[nH]ncc2-c2ccnc(SC)n2)cc1O. The number of phenols is 1. The van der Waals surface area contributed by atoms with Gasteiger partial charge in [0.2, 0.25) is 0 Å². The lowest BCUT2D eigenvalue weighted by Crippen LogP contribution is -1.90. The third kappa shape index (κ3) is 2.62. The first-order valence-electron chi connectivity index (χ1n) is 6.51. The van der Waals surface area contributed by atoms with Crippen molar-refractivity contribution in [2.75, 3.05) is 13.4 Å². The molecule has 0 fully saturated rings. The monoisotopic (exact) mass is 314 g/mol. The van der Waals surface area contributed by atoms with Gasteiger partial charge in [0.25, 0.3) is 0 Å². The summed E-state index contributed by atoms with van der Waals surface area (Å²) in [5, 5.41) is 17.7. The molecule has 0 aliphatic rings. The normalized spacial score (nSPS) is 10.6. The maximum atomic E-state index is 9.95. The van der Waals surface area contributed by atoms with Gasteiger partial charge in [-0.05, 0) is 30.5 Å². The number of ether oxygens (including phenoxy) is 1. The van der Waals surface area contributed by atoms with Crippen molar-refractivity contribution < 1.29 is 9.84 Å². The molecule has 112 valence electrons. The minimum Gasteiger partial charge on any atom is -0.504 e. The van der Waals surface area contributed by atoms with Crippen LogP contribution in [0.4, 0.5) is 0 Å². The first kappa shape index (κ1) is 14.4. The molecule has 0 atom stereocenters. The minimum absolute atomic E-state index is 0.0769. The van der Waals surface area contributed by atoms with Crippen LogP contribution in [0.5, 0.6) is 11.5 Å². The van der Waals surface area contributed by atoms with Crippen molar-refractivity contribution in [2.24, 2.45) is 0 Å². The summed E-state index contributed by atoms with van der Waals surface area (Å²) in [5.74, 6) is 0.504. The molecule has 0 bridgehead atoms. The Morgan fingerprint density at radius 2 is 2.14 bits per heavy atom. The van der Waals surface area contributed by atoms with Crippen LogP contribution in [0.2, 0.25) is 0 Å². The number of methoxy groups -OCH3 is 1. The number of nitrogens with one attached hydrogen (secondary N) is 1. The highest BCUT2D eigenvalue weighted by atomic mass is 32.2. The second-order valence-corrected chi connectivity index (χ2v) is 5.25. The van der Waals surface area contributed by atoms with E-state index in [2.05, 4.69) is 20.2 Å². The molecule has 3 rings (SSSR count). The van der Waals surface area contributed by atoms with Crippen molar-refractivity contribution in [1.29, 1.82) is 0 Å². The smallest absolute Gasteiger partial charge is 0.187 e. The fourth-order valence-electron chi connectivity index (χ4n) is 2.14. The molecule has 6 nitrogen and oxygen atoms in total. The summed E-state index contributed by atoms with van der Waals surface area (Å²) < 4.78 is 5.06. The zero-order valence-corrected chi connectivity index (χ0v) is 12.9. The predicted octanol–water partition coefficient (Wildman–Crippen LogP) is 2.97. The number of aromatic amines is 1. The summed E-state index contributed by atoms with van der Waals surface area (Å²) in [6, 6.07) is 7.03. The van der Waals surface area contributed by atoms with Crippen LogP contribution in [-0.2, 0) is 0 Å². The molecule has 0 saturated heterocycles. The van der Waals surface area contributed by atoms with Gasteiger partial charge in [0.05, 0.1) is 24.7 Å². The van der Waals surface area contributed by atoms with Crippen LogP contribution in [0.25, 0.3) is 22.5 Å². The number of benzene rings is 1. The Hall–Kier alpha value is -2.54. The molecule has 0 radical (unpaired) electrons. The van der Waals surface area contributed by atoms with Gasteiger partial charge in [-0.1, -0.05) is 11.8 Å². The van der Waals surface area contributed by atoms with Crippen molar-refractivity contribution in [2.45, 2.75) is 5.16 Å².